The number of hydrogen-bond acceptors (Lipinski definition) is 3. The van der Waals surface area contributed by atoms with E-state index in [2.05, 4.69) is 4.98 Å². The number of rotatable bonds is 3. The van der Waals surface area contributed by atoms with Gasteiger partial charge in [0.1, 0.15) is 5.52 Å². The monoisotopic (exact) mass is 225 g/mol. The van der Waals surface area contributed by atoms with Gasteiger partial charge in [0.2, 0.25) is 0 Å². The van der Waals surface area contributed by atoms with Crippen molar-refractivity contribution in [3.8, 4) is 0 Å². The number of aliphatic hydroxyl groups excluding tert-OH is 1. The Labute approximate surface area is 92.7 Å². The highest BCUT2D eigenvalue weighted by Gasteiger charge is 2.07. The Morgan fingerprint density at radius 3 is 3.07 bits per heavy atom. The Morgan fingerprint density at radius 1 is 1.53 bits per heavy atom. The Bertz CT molecular complexity index is 467. The SMILES string of the molecule is Cc1nc2ccc(CC(O)CCl)cc2o1. The number of nitrogens with zero attached hydrogens (tertiary/aromatic N) is 1. The van der Waals surface area contributed by atoms with Crippen LogP contribution in [0.1, 0.15) is 11.5 Å². The van der Waals surface area contributed by atoms with E-state index in [9.17, 15) is 5.11 Å². The second-order valence-corrected chi connectivity index (χ2v) is 3.86. The molecule has 0 aliphatic rings. The molecule has 1 N–H and O–H groups in total. The van der Waals surface area contributed by atoms with Crippen LogP contribution < -0.4 is 0 Å². The quantitative estimate of drug-likeness (QED) is 0.816. The first kappa shape index (κ1) is 10.5. The van der Waals surface area contributed by atoms with Crippen LogP contribution in [-0.4, -0.2) is 22.1 Å². The van der Waals surface area contributed by atoms with Crippen LogP contribution in [0.25, 0.3) is 11.1 Å². The van der Waals surface area contributed by atoms with Crippen LogP contribution >= 0.6 is 11.6 Å². The van der Waals surface area contributed by atoms with E-state index in [0.717, 1.165) is 16.7 Å². The highest BCUT2D eigenvalue weighted by molar-refractivity contribution is 6.18. The normalized spacial score (nSPS) is 13.3. The topological polar surface area (TPSA) is 46.3 Å². The van der Waals surface area contributed by atoms with Crippen molar-refractivity contribution in [2.24, 2.45) is 0 Å². The Hall–Kier alpha value is -1.06. The third kappa shape index (κ3) is 2.30. The summed E-state index contributed by atoms with van der Waals surface area (Å²) in [6.45, 7) is 1.81. The summed E-state index contributed by atoms with van der Waals surface area (Å²) >= 11 is 5.54. The summed E-state index contributed by atoms with van der Waals surface area (Å²) in [4.78, 5) is 4.20. The van der Waals surface area contributed by atoms with Gasteiger partial charge in [-0.25, -0.2) is 4.98 Å². The molecule has 1 atom stereocenters. The first-order valence-corrected chi connectivity index (χ1v) is 5.32. The molecule has 0 radical (unpaired) electrons. The maximum absolute atomic E-state index is 9.41. The number of aromatic nitrogens is 1. The van der Waals surface area contributed by atoms with E-state index < -0.39 is 6.10 Å². The van der Waals surface area contributed by atoms with Gasteiger partial charge >= 0.3 is 0 Å². The van der Waals surface area contributed by atoms with Crippen molar-refractivity contribution in [2.75, 3.05) is 5.88 Å². The van der Waals surface area contributed by atoms with E-state index in [0.29, 0.717) is 12.3 Å². The van der Waals surface area contributed by atoms with Crippen molar-refractivity contribution in [3.05, 3.63) is 29.7 Å². The van der Waals surface area contributed by atoms with Gasteiger partial charge in [0, 0.05) is 12.8 Å². The molecule has 0 bridgehead atoms. The largest absolute Gasteiger partial charge is 0.441 e. The number of aliphatic hydroxyl groups is 1. The summed E-state index contributed by atoms with van der Waals surface area (Å²) in [7, 11) is 0. The molecule has 1 aromatic carbocycles. The summed E-state index contributed by atoms with van der Waals surface area (Å²) in [5, 5.41) is 9.41. The minimum absolute atomic E-state index is 0.244. The molecule has 1 heterocycles. The molecule has 0 saturated heterocycles. The molecule has 0 aliphatic heterocycles. The van der Waals surface area contributed by atoms with E-state index in [4.69, 9.17) is 16.0 Å². The molecule has 2 aromatic rings. The molecule has 15 heavy (non-hydrogen) atoms. The molecule has 1 aromatic heterocycles. The fourth-order valence-corrected chi connectivity index (χ4v) is 1.65. The smallest absolute Gasteiger partial charge is 0.192 e. The van der Waals surface area contributed by atoms with E-state index in [1.165, 1.54) is 0 Å². The molecule has 0 fully saturated rings. The fourth-order valence-electron chi connectivity index (χ4n) is 1.54. The molecular formula is C11H12ClNO2. The van der Waals surface area contributed by atoms with E-state index in [-0.39, 0.29) is 5.88 Å². The van der Waals surface area contributed by atoms with Gasteiger partial charge in [-0.1, -0.05) is 6.07 Å². The summed E-state index contributed by atoms with van der Waals surface area (Å²) in [5.74, 6) is 0.896. The number of hydrogen-bond donors (Lipinski definition) is 1. The molecular weight excluding hydrogens is 214 g/mol. The predicted octanol–water partition coefficient (Wildman–Crippen LogP) is 2.28. The molecule has 2 rings (SSSR count). The van der Waals surface area contributed by atoms with Crippen LogP contribution in [0.5, 0.6) is 0 Å². The molecule has 1 unspecified atom stereocenters. The molecule has 3 nitrogen and oxygen atoms in total. The van der Waals surface area contributed by atoms with E-state index in [1.54, 1.807) is 0 Å². The van der Waals surface area contributed by atoms with Gasteiger partial charge in [-0.2, -0.15) is 0 Å². The van der Waals surface area contributed by atoms with E-state index >= 15 is 0 Å². The van der Waals surface area contributed by atoms with Crippen molar-refractivity contribution in [2.45, 2.75) is 19.4 Å². The maximum Gasteiger partial charge on any atom is 0.192 e. The van der Waals surface area contributed by atoms with Crippen molar-refractivity contribution in [1.29, 1.82) is 0 Å². The van der Waals surface area contributed by atoms with E-state index in [1.807, 2.05) is 25.1 Å². The summed E-state index contributed by atoms with van der Waals surface area (Å²) in [6, 6.07) is 5.72. The zero-order valence-electron chi connectivity index (χ0n) is 8.40. The van der Waals surface area contributed by atoms with Crippen LogP contribution in [0.15, 0.2) is 22.6 Å². The highest BCUT2D eigenvalue weighted by atomic mass is 35.5. The minimum Gasteiger partial charge on any atom is -0.441 e. The van der Waals surface area contributed by atoms with Gasteiger partial charge < -0.3 is 9.52 Å². The molecule has 4 heteroatoms. The summed E-state index contributed by atoms with van der Waals surface area (Å²) in [5.41, 5.74) is 2.61. The van der Waals surface area contributed by atoms with Crippen molar-refractivity contribution in [3.63, 3.8) is 0 Å². The number of fused-ring (bicyclic) bond motifs is 1. The van der Waals surface area contributed by atoms with Gasteiger partial charge in [0.15, 0.2) is 11.5 Å². The number of oxazole rings is 1. The number of halogens is 1. The number of benzene rings is 1. The first-order valence-electron chi connectivity index (χ1n) is 4.79. The standard InChI is InChI=1S/C11H12ClNO2/c1-7-13-10-3-2-8(4-9(14)6-12)5-11(10)15-7/h2-3,5,9,14H,4,6H2,1H3. The molecule has 0 spiro atoms. The van der Waals surface area contributed by atoms with Crippen molar-refractivity contribution < 1.29 is 9.52 Å². The van der Waals surface area contributed by atoms with Gasteiger partial charge in [0.25, 0.3) is 0 Å². The number of alkyl halides is 1. The lowest BCUT2D eigenvalue weighted by Gasteiger charge is -2.05. The molecule has 80 valence electrons. The molecule has 0 saturated carbocycles. The van der Waals surface area contributed by atoms with Crippen LogP contribution in [0, 0.1) is 6.92 Å². The summed E-state index contributed by atoms with van der Waals surface area (Å²) in [6.07, 6.45) is 0.0345. The van der Waals surface area contributed by atoms with Crippen LogP contribution in [0.3, 0.4) is 0 Å². The zero-order valence-corrected chi connectivity index (χ0v) is 9.16. The predicted molar refractivity (Wildman–Crippen MR) is 59.2 cm³/mol. The average molecular weight is 226 g/mol. The Balaban J connectivity index is 2.30. The lowest BCUT2D eigenvalue weighted by atomic mass is 10.1. The summed E-state index contributed by atoms with van der Waals surface area (Å²) < 4.78 is 5.40. The molecule has 0 amide bonds. The first-order chi connectivity index (χ1) is 7.19. The highest BCUT2D eigenvalue weighted by Crippen LogP contribution is 2.17. The van der Waals surface area contributed by atoms with Crippen LogP contribution in [-0.2, 0) is 6.42 Å². The van der Waals surface area contributed by atoms with Crippen molar-refractivity contribution in [1.82, 2.24) is 4.98 Å². The zero-order chi connectivity index (χ0) is 10.8. The second kappa shape index (κ2) is 4.21. The fraction of sp³-hybridized carbons (Fsp3) is 0.364. The molecule has 0 aliphatic carbocycles. The Kier molecular flexibility index (Phi) is 2.93. The van der Waals surface area contributed by atoms with Gasteiger partial charge in [0.05, 0.1) is 6.10 Å². The Morgan fingerprint density at radius 2 is 2.33 bits per heavy atom. The minimum atomic E-state index is -0.506. The average Bonchev–Trinajstić information content (AvgIpc) is 2.57. The van der Waals surface area contributed by atoms with Gasteiger partial charge in [-0.05, 0) is 24.1 Å². The van der Waals surface area contributed by atoms with Gasteiger partial charge in [-0.15, -0.1) is 11.6 Å². The third-order valence-electron chi connectivity index (χ3n) is 2.21. The van der Waals surface area contributed by atoms with Gasteiger partial charge in [-0.3, -0.25) is 0 Å². The maximum atomic E-state index is 9.41. The van der Waals surface area contributed by atoms with Crippen LogP contribution in [0.4, 0.5) is 0 Å². The number of aryl methyl sites for hydroxylation is 1. The third-order valence-corrected chi connectivity index (χ3v) is 2.57. The van der Waals surface area contributed by atoms with Crippen molar-refractivity contribution >= 4 is 22.7 Å². The lowest BCUT2D eigenvalue weighted by Crippen LogP contribution is -2.11. The lowest BCUT2D eigenvalue weighted by molar-refractivity contribution is 0.199. The second-order valence-electron chi connectivity index (χ2n) is 3.55. The van der Waals surface area contributed by atoms with Crippen LogP contribution in [0.2, 0.25) is 0 Å².